The number of aliphatic hydroxyl groups is 1. The minimum Gasteiger partial charge on any atom is -0.393 e. The molecule has 98 valence electrons. The van der Waals surface area contributed by atoms with Gasteiger partial charge in [0.1, 0.15) is 0 Å². The molecule has 0 saturated heterocycles. The van der Waals surface area contributed by atoms with Crippen LogP contribution in [0.25, 0.3) is 0 Å². The van der Waals surface area contributed by atoms with Crippen LogP contribution in [0.4, 0.5) is 0 Å². The molecule has 1 unspecified atom stereocenters. The third-order valence-corrected chi connectivity index (χ3v) is 2.71. The fraction of sp³-hybridized carbons (Fsp3) is 1.00. The van der Waals surface area contributed by atoms with E-state index in [-0.39, 0.29) is 6.10 Å². The summed E-state index contributed by atoms with van der Waals surface area (Å²) in [6, 6.07) is 0. The van der Waals surface area contributed by atoms with Crippen LogP contribution in [0.15, 0.2) is 0 Å². The van der Waals surface area contributed by atoms with E-state index in [1.807, 2.05) is 6.92 Å². The van der Waals surface area contributed by atoms with Gasteiger partial charge in [-0.2, -0.15) is 0 Å². The average molecular weight is 233 g/mol. The first-order chi connectivity index (χ1) is 7.74. The van der Waals surface area contributed by atoms with Crippen LogP contribution in [-0.2, 0) is 9.47 Å². The lowest BCUT2D eigenvalue weighted by atomic mass is 10.1. The number of hydrogen-bond acceptors (Lipinski definition) is 4. The van der Waals surface area contributed by atoms with Gasteiger partial charge in [0.25, 0.3) is 0 Å². The van der Waals surface area contributed by atoms with E-state index in [0.717, 1.165) is 52.1 Å². The molecule has 16 heavy (non-hydrogen) atoms. The lowest BCUT2D eigenvalue weighted by molar-refractivity contribution is 0.106. The highest BCUT2D eigenvalue weighted by molar-refractivity contribution is 4.60. The van der Waals surface area contributed by atoms with Gasteiger partial charge in [-0.3, -0.25) is 4.90 Å². The first-order valence-electron chi connectivity index (χ1n) is 6.12. The molecule has 0 aliphatic heterocycles. The third-order valence-electron chi connectivity index (χ3n) is 2.71. The normalized spacial score (nSPS) is 13.3. The van der Waals surface area contributed by atoms with Crippen molar-refractivity contribution in [1.82, 2.24) is 4.90 Å². The maximum Gasteiger partial charge on any atom is 0.0589 e. The molecule has 0 radical (unpaired) electrons. The average Bonchev–Trinajstić information content (AvgIpc) is 2.31. The van der Waals surface area contributed by atoms with Crippen LogP contribution >= 0.6 is 0 Å². The summed E-state index contributed by atoms with van der Waals surface area (Å²) in [6.45, 7) is 6.38. The quantitative estimate of drug-likeness (QED) is 0.581. The third kappa shape index (κ3) is 9.09. The largest absolute Gasteiger partial charge is 0.393 e. The molecule has 0 aliphatic rings. The summed E-state index contributed by atoms with van der Waals surface area (Å²) < 4.78 is 10.1. The minimum atomic E-state index is -0.147. The summed E-state index contributed by atoms with van der Waals surface area (Å²) in [6.07, 6.45) is 2.61. The van der Waals surface area contributed by atoms with E-state index >= 15 is 0 Å². The molecule has 0 saturated carbocycles. The predicted molar refractivity (Wildman–Crippen MR) is 65.7 cm³/mol. The Kier molecular flexibility index (Phi) is 11.2. The standard InChI is InChI=1S/C12H27NO3/c1-4-12(14)6-5-7-13(8-10-15-2)9-11-16-3/h12,14H,4-11H2,1-3H3. The molecule has 0 aliphatic carbocycles. The molecule has 0 heterocycles. The molecule has 4 nitrogen and oxygen atoms in total. The van der Waals surface area contributed by atoms with Crippen molar-refractivity contribution in [3.8, 4) is 0 Å². The van der Waals surface area contributed by atoms with E-state index in [1.54, 1.807) is 14.2 Å². The zero-order valence-corrected chi connectivity index (χ0v) is 10.9. The van der Waals surface area contributed by atoms with E-state index in [9.17, 15) is 5.11 Å². The van der Waals surface area contributed by atoms with Crippen molar-refractivity contribution in [1.29, 1.82) is 0 Å². The monoisotopic (exact) mass is 233 g/mol. The van der Waals surface area contributed by atoms with Gasteiger partial charge in [-0.25, -0.2) is 0 Å². The number of hydrogen-bond donors (Lipinski definition) is 1. The number of nitrogens with zero attached hydrogens (tertiary/aromatic N) is 1. The van der Waals surface area contributed by atoms with Crippen LogP contribution in [0.3, 0.4) is 0 Å². The maximum absolute atomic E-state index is 9.46. The van der Waals surface area contributed by atoms with Crippen molar-refractivity contribution >= 4 is 0 Å². The fourth-order valence-corrected chi connectivity index (χ4v) is 1.53. The molecule has 0 aromatic carbocycles. The van der Waals surface area contributed by atoms with Crippen molar-refractivity contribution in [2.75, 3.05) is 47.1 Å². The zero-order valence-electron chi connectivity index (χ0n) is 10.9. The van der Waals surface area contributed by atoms with Gasteiger partial charge in [-0.1, -0.05) is 6.92 Å². The second-order valence-corrected chi connectivity index (χ2v) is 4.03. The summed E-state index contributed by atoms with van der Waals surface area (Å²) in [7, 11) is 3.44. The van der Waals surface area contributed by atoms with E-state index < -0.39 is 0 Å². The van der Waals surface area contributed by atoms with Gasteiger partial charge in [0.05, 0.1) is 19.3 Å². The number of ether oxygens (including phenoxy) is 2. The summed E-state index contributed by atoms with van der Waals surface area (Å²) in [5, 5.41) is 9.46. The van der Waals surface area contributed by atoms with Gasteiger partial charge < -0.3 is 14.6 Å². The van der Waals surface area contributed by atoms with Crippen LogP contribution in [0.1, 0.15) is 26.2 Å². The van der Waals surface area contributed by atoms with Crippen molar-refractivity contribution < 1.29 is 14.6 Å². The van der Waals surface area contributed by atoms with Crippen molar-refractivity contribution in [3.63, 3.8) is 0 Å². The van der Waals surface area contributed by atoms with E-state index in [4.69, 9.17) is 9.47 Å². The Morgan fingerprint density at radius 3 is 2.06 bits per heavy atom. The fourth-order valence-electron chi connectivity index (χ4n) is 1.53. The molecule has 4 heteroatoms. The van der Waals surface area contributed by atoms with Crippen LogP contribution < -0.4 is 0 Å². The Bertz CT molecular complexity index is 136. The zero-order chi connectivity index (χ0) is 12.2. The van der Waals surface area contributed by atoms with Gasteiger partial charge in [-0.15, -0.1) is 0 Å². The van der Waals surface area contributed by atoms with Crippen molar-refractivity contribution in [2.24, 2.45) is 0 Å². The van der Waals surface area contributed by atoms with Crippen molar-refractivity contribution in [2.45, 2.75) is 32.3 Å². The Hall–Kier alpha value is -0.160. The molecule has 0 amide bonds. The first kappa shape index (κ1) is 15.8. The predicted octanol–water partition coefficient (Wildman–Crippen LogP) is 1.13. The lowest BCUT2D eigenvalue weighted by Gasteiger charge is -2.21. The molecular formula is C12H27NO3. The molecule has 0 aromatic heterocycles. The Morgan fingerprint density at radius 1 is 1.06 bits per heavy atom. The van der Waals surface area contributed by atoms with Crippen LogP contribution in [0.5, 0.6) is 0 Å². The molecule has 0 spiro atoms. The van der Waals surface area contributed by atoms with Gasteiger partial charge in [0.15, 0.2) is 0 Å². The topological polar surface area (TPSA) is 41.9 Å². The van der Waals surface area contributed by atoms with E-state index in [0.29, 0.717) is 0 Å². The summed E-state index contributed by atoms with van der Waals surface area (Å²) in [4.78, 5) is 2.31. The smallest absolute Gasteiger partial charge is 0.0589 e. The van der Waals surface area contributed by atoms with Gasteiger partial charge in [-0.05, 0) is 25.8 Å². The summed E-state index contributed by atoms with van der Waals surface area (Å²) in [5.41, 5.74) is 0. The molecule has 0 bridgehead atoms. The SMILES string of the molecule is CCC(O)CCCN(CCOC)CCOC. The number of methoxy groups -OCH3 is 2. The highest BCUT2D eigenvalue weighted by Gasteiger charge is 2.06. The van der Waals surface area contributed by atoms with Crippen LogP contribution in [0, 0.1) is 0 Å². The van der Waals surface area contributed by atoms with Gasteiger partial charge >= 0.3 is 0 Å². The van der Waals surface area contributed by atoms with Crippen LogP contribution in [-0.4, -0.2) is 63.2 Å². The Labute approximate surface area is 99.5 Å². The van der Waals surface area contributed by atoms with E-state index in [2.05, 4.69) is 4.90 Å². The molecule has 0 fully saturated rings. The molecule has 1 atom stereocenters. The second-order valence-electron chi connectivity index (χ2n) is 4.03. The minimum absolute atomic E-state index is 0.147. The van der Waals surface area contributed by atoms with Gasteiger partial charge in [0, 0.05) is 27.3 Å². The second kappa shape index (κ2) is 11.3. The lowest BCUT2D eigenvalue weighted by Crippen LogP contribution is -2.32. The summed E-state index contributed by atoms with van der Waals surface area (Å²) >= 11 is 0. The molecule has 0 rings (SSSR count). The molecule has 0 aromatic rings. The highest BCUT2D eigenvalue weighted by atomic mass is 16.5. The van der Waals surface area contributed by atoms with E-state index in [1.165, 1.54) is 0 Å². The molecule has 1 N–H and O–H groups in total. The number of rotatable bonds is 11. The summed E-state index contributed by atoms with van der Waals surface area (Å²) in [5.74, 6) is 0. The van der Waals surface area contributed by atoms with Crippen LogP contribution in [0.2, 0.25) is 0 Å². The first-order valence-corrected chi connectivity index (χ1v) is 6.12. The maximum atomic E-state index is 9.46. The Balaban J connectivity index is 3.63. The Morgan fingerprint density at radius 2 is 1.62 bits per heavy atom. The number of aliphatic hydroxyl groups excluding tert-OH is 1. The highest BCUT2D eigenvalue weighted by Crippen LogP contribution is 2.02. The van der Waals surface area contributed by atoms with Crippen molar-refractivity contribution in [3.05, 3.63) is 0 Å². The molecular weight excluding hydrogens is 206 g/mol. The van der Waals surface area contributed by atoms with Gasteiger partial charge in [0.2, 0.25) is 0 Å².